The van der Waals surface area contributed by atoms with Gasteiger partial charge in [0.25, 0.3) is 0 Å². The molecule has 0 aromatic carbocycles. The van der Waals surface area contributed by atoms with Crippen LogP contribution in [0.4, 0.5) is 0 Å². The zero-order valence-corrected chi connectivity index (χ0v) is 28.1. The average Bonchev–Trinajstić information content (AvgIpc) is 2.96. The first-order chi connectivity index (χ1) is 20.5. The largest absolute Gasteiger partial charge is 0.481 e. The van der Waals surface area contributed by atoms with Crippen molar-refractivity contribution in [1.29, 1.82) is 0 Å². The van der Waals surface area contributed by atoms with Gasteiger partial charge in [-0.25, -0.2) is 0 Å². The summed E-state index contributed by atoms with van der Waals surface area (Å²) in [5, 5.41) is 17.5. The lowest BCUT2D eigenvalue weighted by Crippen LogP contribution is -2.16. The van der Waals surface area contributed by atoms with E-state index in [1.807, 2.05) is 0 Å². The van der Waals surface area contributed by atoms with Crippen LogP contribution in [-0.2, 0) is 9.59 Å². The van der Waals surface area contributed by atoms with Crippen LogP contribution in [-0.4, -0.2) is 22.2 Å². The number of carbonyl (C=O) groups is 2. The van der Waals surface area contributed by atoms with Gasteiger partial charge in [0, 0.05) is 12.8 Å². The van der Waals surface area contributed by atoms with Crippen molar-refractivity contribution >= 4 is 11.9 Å². The predicted octanol–water partition coefficient (Wildman–Crippen LogP) is 12.7. The smallest absolute Gasteiger partial charge is 0.303 e. The molecule has 2 N–H and O–H groups in total. The molecule has 248 valence electrons. The third-order valence-electron chi connectivity index (χ3n) is 9.26. The maximum absolute atomic E-state index is 10.6. The first-order valence-corrected chi connectivity index (χ1v) is 18.6. The van der Waals surface area contributed by atoms with Crippen LogP contribution < -0.4 is 0 Å². The van der Waals surface area contributed by atoms with E-state index in [4.69, 9.17) is 10.2 Å². The first-order valence-electron chi connectivity index (χ1n) is 18.6. The molecule has 0 fully saturated rings. The molecule has 0 saturated carbocycles. The molecule has 2 atom stereocenters. The Morgan fingerprint density at radius 2 is 0.762 bits per heavy atom. The third kappa shape index (κ3) is 30.1. The van der Waals surface area contributed by atoms with E-state index in [1.165, 1.54) is 154 Å². The van der Waals surface area contributed by atoms with E-state index >= 15 is 0 Å². The minimum atomic E-state index is -0.660. The van der Waals surface area contributed by atoms with Gasteiger partial charge in [-0.1, -0.05) is 174 Å². The number of allylic oxidation sites excluding steroid dienone is 1. The SMILES string of the molecule is C=CCCCCC(CCCCCCCCCCCC(=O)O)C(CCCCCC)CCCCCCCCCCCC(=O)O. The van der Waals surface area contributed by atoms with Gasteiger partial charge in [-0.2, -0.15) is 0 Å². The second-order valence-corrected chi connectivity index (χ2v) is 13.2. The second-order valence-electron chi connectivity index (χ2n) is 13.2. The molecule has 0 saturated heterocycles. The summed E-state index contributed by atoms with van der Waals surface area (Å²) in [4.78, 5) is 21.2. The summed E-state index contributed by atoms with van der Waals surface area (Å²) in [6.45, 7) is 6.25. The van der Waals surface area contributed by atoms with Gasteiger partial charge in [0.2, 0.25) is 0 Å². The van der Waals surface area contributed by atoms with Crippen molar-refractivity contribution in [1.82, 2.24) is 0 Å². The van der Waals surface area contributed by atoms with E-state index in [2.05, 4.69) is 19.6 Å². The molecule has 0 aliphatic carbocycles. The fraction of sp³-hybridized carbons (Fsp3) is 0.895. The summed E-state index contributed by atoms with van der Waals surface area (Å²) in [5.41, 5.74) is 0. The maximum atomic E-state index is 10.6. The molecule has 0 rings (SSSR count). The van der Waals surface area contributed by atoms with Crippen molar-refractivity contribution in [2.75, 3.05) is 0 Å². The highest BCUT2D eigenvalue weighted by Gasteiger charge is 2.20. The molecule has 42 heavy (non-hydrogen) atoms. The van der Waals surface area contributed by atoms with Gasteiger partial charge in [0.1, 0.15) is 0 Å². The molecule has 0 radical (unpaired) electrons. The van der Waals surface area contributed by atoms with E-state index in [9.17, 15) is 9.59 Å². The van der Waals surface area contributed by atoms with Crippen LogP contribution in [0.2, 0.25) is 0 Å². The van der Waals surface area contributed by atoms with Crippen LogP contribution in [0.1, 0.15) is 206 Å². The van der Waals surface area contributed by atoms with Gasteiger partial charge in [0.15, 0.2) is 0 Å². The monoisotopic (exact) mass is 593 g/mol. The van der Waals surface area contributed by atoms with E-state index < -0.39 is 11.9 Å². The first kappa shape index (κ1) is 40.7. The number of carboxylic acids is 2. The Hall–Kier alpha value is -1.32. The van der Waals surface area contributed by atoms with Crippen LogP contribution >= 0.6 is 0 Å². The number of aliphatic carboxylic acids is 2. The van der Waals surface area contributed by atoms with E-state index in [-0.39, 0.29) is 0 Å². The summed E-state index contributed by atoms with van der Waals surface area (Å²) in [6, 6.07) is 0. The van der Waals surface area contributed by atoms with Crippen molar-refractivity contribution < 1.29 is 19.8 Å². The highest BCUT2D eigenvalue weighted by Crippen LogP contribution is 2.33. The minimum absolute atomic E-state index is 0.327. The van der Waals surface area contributed by atoms with Crippen molar-refractivity contribution in [2.45, 2.75) is 206 Å². The lowest BCUT2D eigenvalue weighted by Gasteiger charge is -2.28. The molecule has 4 heteroatoms. The maximum Gasteiger partial charge on any atom is 0.303 e. The molecular formula is C38H72O4. The average molecular weight is 593 g/mol. The highest BCUT2D eigenvalue weighted by molar-refractivity contribution is 5.66. The summed E-state index contributed by atoms with van der Waals surface area (Å²) < 4.78 is 0. The Kier molecular flexibility index (Phi) is 31.6. The van der Waals surface area contributed by atoms with Crippen molar-refractivity contribution in [2.24, 2.45) is 11.8 Å². The third-order valence-corrected chi connectivity index (χ3v) is 9.26. The normalized spacial score (nSPS) is 12.8. The molecule has 0 amide bonds. The van der Waals surface area contributed by atoms with Gasteiger partial charge in [-0.05, 0) is 37.5 Å². The van der Waals surface area contributed by atoms with Gasteiger partial charge in [-0.15, -0.1) is 6.58 Å². The van der Waals surface area contributed by atoms with E-state index in [0.29, 0.717) is 12.8 Å². The summed E-state index contributed by atoms with van der Waals surface area (Å²) in [6.07, 6.45) is 40.0. The Morgan fingerprint density at radius 3 is 1.07 bits per heavy atom. The molecule has 0 bridgehead atoms. The van der Waals surface area contributed by atoms with Crippen LogP contribution in [0.25, 0.3) is 0 Å². The fourth-order valence-electron chi connectivity index (χ4n) is 6.60. The molecule has 0 aliphatic rings. The Morgan fingerprint density at radius 1 is 0.476 bits per heavy atom. The zero-order valence-electron chi connectivity index (χ0n) is 28.1. The summed E-state index contributed by atoms with van der Waals surface area (Å²) >= 11 is 0. The zero-order chi connectivity index (χ0) is 30.9. The number of hydrogen-bond donors (Lipinski definition) is 2. The van der Waals surface area contributed by atoms with Crippen molar-refractivity contribution in [3.05, 3.63) is 12.7 Å². The Balaban J connectivity index is 4.42. The van der Waals surface area contributed by atoms with Crippen molar-refractivity contribution in [3.8, 4) is 0 Å². The summed E-state index contributed by atoms with van der Waals surface area (Å²) in [5.74, 6) is 0.487. The Bertz CT molecular complexity index is 602. The highest BCUT2D eigenvalue weighted by atomic mass is 16.4. The van der Waals surface area contributed by atoms with Gasteiger partial charge in [0.05, 0.1) is 0 Å². The number of rotatable bonds is 35. The van der Waals surface area contributed by atoms with Crippen LogP contribution in [0.5, 0.6) is 0 Å². The topological polar surface area (TPSA) is 74.6 Å². The van der Waals surface area contributed by atoms with Crippen LogP contribution in [0.15, 0.2) is 12.7 Å². The molecular weight excluding hydrogens is 520 g/mol. The number of hydrogen-bond acceptors (Lipinski definition) is 2. The van der Waals surface area contributed by atoms with Gasteiger partial charge < -0.3 is 10.2 Å². The van der Waals surface area contributed by atoms with Gasteiger partial charge in [-0.3, -0.25) is 9.59 Å². The second kappa shape index (κ2) is 32.6. The van der Waals surface area contributed by atoms with Crippen molar-refractivity contribution in [3.63, 3.8) is 0 Å². The minimum Gasteiger partial charge on any atom is -0.481 e. The molecule has 0 heterocycles. The Labute approximate surface area is 261 Å². The lowest BCUT2D eigenvalue weighted by molar-refractivity contribution is -0.138. The predicted molar refractivity (Wildman–Crippen MR) is 181 cm³/mol. The molecule has 0 spiro atoms. The molecule has 4 nitrogen and oxygen atoms in total. The fourth-order valence-corrected chi connectivity index (χ4v) is 6.60. The molecule has 0 aromatic heterocycles. The van der Waals surface area contributed by atoms with E-state index in [0.717, 1.165) is 43.9 Å². The molecule has 2 unspecified atom stereocenters. The van der Waals surface area contributed by atoms with E-state index in [1.54, 1.807) is 0 Å². The van der Waals surface area contributed by atoms with Gasteiger partial charge >= 0.3 is 11.9 Å². The van der Waals surface area contributed by atoms with Crippen LogP contribution in [0.3, 0.4) is 0 Å². The quantitative estimate of drug-likeness (QED) is 0.0567. The number of carboxylic acid groups (broad SMARTS) is 2. The number of unbranched alkanes of at least 4 members (excludes halogenated alkanes) is 21. The summed E-state index contributed by atoms with van der Waals surface area (Å²) in [7, 11) is 0. The molecule has 0 aliphatic heterocycles. The molecule has 0 aromatic rings. The van der Waals surface area contributed by atoms with Crippen LogP contribution in [0, 0.1) is 11.8 Å². The lowest BCUT2D eigenvalue weighted by atomic mass is 9.78. The standard InChI is InChI=1S/C38H72O4/c1-3-5-7-23-29-35(31-25-19-15-11-9-13-17-21-27-33-37(39)40)36(30-24-8-6-4-2)32-26-20-16-12-10-14-18-22-28-34-38(41)42/h3,35-36H,1,4-34H2,2H3,(H,39,40)(H,41,42).